The Morgan fingerprint density at radius 3 is 2.35 bits per heavy atom. The number of aryl methyl sites for hydroxylation is 2. The van der Waals surface area contributed by atoms with Gasteiger partial charge in [-0.1, -0.05) is 12.1 Å². The smallest absolute Gasteiger partial charge is 0.339 e. The molecule has 1 aliphatic heterocycles. The highest BCUT2D eigenvalue weighted by molar-refractivity contribution is 5.82. The third-order valence-corrected chi connectivity index (χ3v) is 7.05. The highest BCUT2D eigenvalue weighted by Crippen LogP contribution is 2.26. The maximum absolute atomic E-state index is 12.9. The largest absolute Gasteiger partial charge is 0.497 e. The summed E-state index contributed by atoms with van der Waals surface area (Å²) in [6, 6.07) is 13.7. The van der Waals surface area contributed by atoms with Gasteiger partial charge in [0.25, 0.3) is 0 Å². The normalized spacial score (nSPS) is 14.4. The number of methoxy groups -OCH3 is 2. The molecule has 0 atom stereocenters. The molecule has 0 saturated carbocycles. The fraction of sp³-hybridized carbons (Fsp3) is 0.429. The van der Waals surface area contributed by atoms with Crippen molar-refractivity contribution in [3.8, 4) is 11.5 Å². The second kappa shape index (κ2) is 10.8. The van der Waals surface area contributed by atoms with Gasteiger partial charge < -0.3 is 18.8 Å². The van der Waals surface area contributed by atoms with E-state index in [1.54, 1.807) is 20.3 Å². The van der Waals surface area contributed by atoms with Gasteiger partial charge in [0.1, 0.15) is 17.1 Å². The quantitative estimate of drug-likeness (QED) is 0.444. The number of benzene rings is 2. The van der Waals surface area contributed by atoms with E-state index in [4.69, 9.17) is 13.9 Å². The van der Waals surface area contributed by atoms with Crippen LogP contribution in [0.1, 0.15) is 42.4 Å². The first-order valence-corrected chi connectivity index (χ1v) is 12.0. The molecule has 1 saturated heterocycles. The van der Waals surface area contributed by atoms with Crippen LogP contribution in [0.5, 0.6) is 11.5 Å². The highest BCUT2D eigenvalue weighted by atomic mass is 16.5. The predicted molar refractivity (Wildman–Crippen MR) is 133 cm³/mol. The van der Waals surface area contributed by atoms with Gasteiger partial charge in [-0.3, -0.25) is 4.79 Å². The van der Waals surface area contributed by atoms with Crippen molar-refractivity contribution in [2.45, 2.75) is 45.4 Å². The molecule has 0 spiro atoms. The first-order valence-electron chi connectivity index (χ1n) is 12.0. The second-order valence-electron chi connectivity index (χ2n) is 9.07. The lowest BCUT2D eigenvalue weighted by atomic mass is 9.90. The van der Waals surface area contributed by atoms with E-state index in [-0.39, 0.29) is 11.5 Å². The van der Waals surface area contributed by atoms with E-state index in [9.17, 15) is 9.59 Å². The van der Waals surface area contributed by atoms with Crippen LogP contribution in [-0.2, 0) is 17.6 Å². The molecule has 1 aromatic heterocycles. The Kier molecular flexibility index (Phi) is 7.56. The van der Waals surface area contributed by atoms with Gasteiger partial charge in [-0.15, -0.1) is 0 Å². The molecule has 2 heterocycles. The lowest BCUT2D eigenvalue weighted by Crippen LogP contribution is -2.38. The molecule has 3 aromatic rings. The lowest BCUT2D eigenvalue weighted by molar-refractivity contribution is -0.132. The molecular weight excluding hydrogens is 430 g/mol. The van der Waals surface area contributed by atoms with Crippen molar-refractivity contribution >= 4 is 16.9 Å². The Morgan fingerprint density at radius 2 is 1.68 bits per heavy atom. The number of carbonyl (C=O) groups is 1. The number of hydrogen-bond donors (Lipinski definition) is 0. The van der Waals surface area contributed by atoms with Crippen molar-refractivity contribution in [3.63, 3.8) is 0 Å². The first kappa shape index (κ1) is 23.9. The zero-order valence-electron chi connectivity index (χ0n) is 20.3. The van der Waals surface area contributed by atoms with Crippen LogP contribution in [0.2, 0.25) is 0 Å². The van der Waals surface area contributed by atoms with E-state index in [1.165, 1.54) is 5.56 Å². The fourth-order valence-corrected chi connectivity index (χ4v) is 4.81. The summed E-state index contributed by atoms with van der Waals surface area (Å²) in [7, 11) is 3.26. The topological polar surface area (TPSA) is 69.0 Å². The third-order valence-electron chi connectivity index (χ3n) is 7.05. The summed E-state index contributed by atoms with van der Waals surface area (Å²) in [5.41, 5.74) is 2.92. The number of nitrogens with zero attached hydrogens (tertiary/aromatic N) is 1. The summed E-state index contributed by atoms with van der Waals surface area (Å²) in [5, 5.41) is 0.875. The number of ether oxygens (including phenoxy) is 2. The second-order valence-corrected chi connectivity index (χ2v) is 9.07. The minimum atomic E-state index is -0.372. The Bertz CT molecular complexity index is 1190. The third kappa shape index (κ3) is 5.44. The molecule has 0 radical (unpaired) electrons. The molecule has 1 amide bonds. The molecule has 6 heteroatoms. The van der Waals surface area contributed by atoms with Gasteiger partial charge in [-0.2, -0.15) is 0 Å². The zero-order chi connectivity index (χ0) is 24.1. The molecule has 0 bridgehead atoms. The summed E-state index contributed by atoms with van der Waals surface area (Å²) in [4.78, 5) is 27.4. The van der Waals surface area contributed by atoms with E-state index in [1.807, 2.05) is 36.1 Å². The maximum Gasteiger partial charge on any atom is 0.339 e. The minimum absolute atomic E-state index is 0.113. The monoisotopic (exact) mass is 463 g/mol. The van der Waals surface area contributed by atoms with Crippen LogP contribution in [0.25, 0.3) is 11.0 Å². The molecule has 180 valence electrons. The average Bonchev–Trinajstić information content (AvgIpc) is 2.87. The summed E-state index contributed by atoms with van der Waals surface area (Å²) in [6.45, 7) is 3.49. The number of amides is 1. The number of hydrogen-bond acceptors (Lipinski definition) is 5. The number of carbonyl (C=O) groups excluding carboxylic acids is 1. The number of likely N-dealkylation sites (tertiary alicyclic amines) is 1. The van der Waals surface area contributed by atoms with Crippen molar-refractivity contribution in [3.05, 3.63) is 69.6 Å². The summed E-state index contributed by atoms with van der Waals surface area (Å²) >= 11 is 0. The molecule has 1 fully saturated rings. The Labute approximate surface area is 200 Å². The molecule has 34 heavy (non-hydrogen) atoms. The Hall–Kier alpha value is -3.28. The average molecular weight is 464 g/mol. The van der Waals surface area contributed by atoms with E-state index in [2.05, 4.69) is 12.1 Å². The van der Waals surface area contributed by atoms with Crippen molar-refractivity contribution in [1.82, 2.24) is 4.90 Å². The van der Waals surface area contributed by atoms with Crippen molar-refractivity contribution < 1.29 is 18.7 Å². The first-order chi connectivity index (χ1) is 16.5. The van der Waals surface area contributed by atoms with Gasteiger partial charge in [-0.25, -0.2) is 4.79 Å². The zero-order valence-corrected chi connectivity index (χ0v) is 20.3. The van der Waals surface area contributed by atoms with Crippen LogP contribution in [0.3, 0.4) is 0 Å². The Balaban J connectivity index is 1.28. The fourth-order valence-electron chi connectivity index (χ4n) is 4.81. The van der Waals surface area contributed by atoms with Crippen molar-refractivity contribution in [2.75, 3.05) is 27.3 Å². The molecular formula is C28H33NO5. The number of fused-ring (bicyclic) bond motifs is 1. The van der Waals surface area contributed by atoms with Crippen LogP contribution in [0.4, 0.5) is 0 Å². The number of piperidine rings is 1. The summed E-state index contributed by atoms with van der Waals surface area (Å²) < 4.78 is 16.0. The molecule has 4 rings (SSSR count). The van der Waals surface area contributed by atoms with Gasteiger partial charge in [0.15, 0.2) is 0 Å². The van der Waals surface area contributed by atoms with E-state index < -0.39 is 0 Å². The molecule has 0 unspecified atom stereocenters. The molecule has 0 aliphatic carbocycles. The van der Waals surface area contributed by atoms with Gasteiger partial charge in [0, 0.05) is 36.5 Å². The van der Waals surface area contributed by atoms with Gasteiger partial charge >= 0.3 is 5.63 Å². The molecule has 6 nitrogen and oxygen atoms in total. The standard InChI is InChI=1S/C28H33NO5/c1-19-24-11-10-23(33-3)18-26(24)34-28(31)25(19)12-13-27(30)29-16-14-21(15-17-29)5-4-20-6-8-22(32-2)9-7-20/h6-11,18,21H,4-5,12-17H2,1-3H3. The summed E-state index contributed by atoms with van der Waals surface area (Å²) in [6.07, 6.45) is 4.96. The molecule has 2 aromatic carbocycles. The van der Waals surface area contributed by atoms with Crippen LogP contribution in [0, 0.1) is 12.8 Å². The molecule has 1 aliphatic rings. The van der Waals surface area contributed by atoms with Gasteiger partial charge in [0.2, 0.25) is 5.91 Å². The summed E-state index contributed by atoms with van der Waals surface area (Å²) in [5.74, 6) is 2.28. The van der Waals surface area contributed by atoms with E-state index in [0.29, 0.717) is 35.7 Å². The highest BCUT2D eigenvalue weighted by Gasteiger charge is 2.23. The van der Waals surface area contributed by atoms with Crippen LogP contribution in [0.15, 0.2) is 51.7 Å². The van der Waals surface area contributed by atoms with Crippen molar-refractivity contribution in [1.29, 1.82) is 0 Å². The van der Waals surface area contributed by atoms with Crippen LogP contribution < -0.4 is 15.1 Å². The van der Waals surface area contributed by atoms with Crippen LogP contribution in [-0.4, -0.2) is 38.1 Å². The van der Waals surface area contributed by atoms with Crippen molar-refractivity contribution in [2.24, 2.45) is 5.92 Å². The SMILES string of the molecule is COc1ccc(CCC2CCN(C(=O)CCc3c(C)c4ccc(OC)cc4oc3=O)CC2)cc1. The maximum atomic E-state index is 12.9. The predicted octanol–water partition coefficient (Wildman–Crippen LogP) is 4.92. The van der Waals surface area contributed by atoms with Gasteiger partial charge in [-0.05, 0) is 80.3 Å². The minimum Gasteiger partial charge on any atom is -0.497 e. The lowest BCUT2D eigenvalue weighted by Gasteiger charge is -2.32. The van der Waals surface area contributed by atoms with Crippen LogP contribution >= 0.6 is 0 Å². The number of rotatable bonds is 8. The molecule has 0 N–H and O–H groups in total. The Morgan fingerprint density at radius 1 is 1.00 bits per heavy atom. The van der Waals surface area contributed by atoms with E-state index in [0.717, 1.165) is 55.5 Å². The van der Waals surface area contributed by atoms with E-state index >= 15 is 0 Å². The van der Waals surface area contributed by atoms with Gasteiger partial charge in [0.05, 0.1) is 14.2 Å².